The first-order valence-corrected chi connectivity index (χ1v) is 8.71. The van der Waals surface area contributed by atoms with Crippen molar-refractivity contribution in [2.75, 3.05) is 13.1 Å². The molecule has 2 aromatic rings. The van der Waals surface area contributed by atoms with Gasteiger partial charge in [-0.2, -0.15) is 0 Å². The lowest BCUT2D eigenvalue weighted by Gasteiger charge is -2.33. The number of aliphatic imine (C=N–C) groups is 1. The molecule has 0 aliphatic rings. The minimum Gasteiger partial charge on any atom is -0.364 e. The van der Waals surface area contributed by atoms with Crippen molar-refractivity contribution in [1.82, 2.24) is 15.8 Å². The first kappa shape index (κ1) is 21.5. The minimum atomic E-state index is 0. The van der Waals surface area contributed by atoms with Gasteiger partial charge < -0.3 is 15.2 Å². The van der Waals surface area contributed by atoms with Crippen molar-refractivity contribution in [3.8, 4) is 0 Å². The van der Waals surface area contributed by atoms with Gasteiger partial charge in [-0.25, -0.2) is 4.99 Å². The molecule has 0 atom stereocenters. The molecule has 1 aromatic carbocycles. The molecule has 2 N–H and O–H groups in total. The highest BCUT2D eigenvalue weighted by Gasteiger charge is 2.28. The Morgan fingerprint density at radius 2 is 1.80 bits per heavy atom. The molecule has 25 heavy (non-hydrogen) atoms. The van der Waals surface area contributed by atoms with Crippen LogP contribution in [0.5, 0.6) is 0 Å². The van der Waals surface area contributed by atoms with Gasteiger partial charge in [-0.05, 0) is 25.3 Å². The first-order valence-electron chi connectivity index (χ1n) is 8.71. The van der Waals surface area contributed by atoms with Crippen molar-refractivity contribution in [2.45, 2.75) is 45.6 Å². The molecule has 2 rings (SSSR count). The average molecular weight is 456 g/mol. The van der Waals surface area contributed by atoms with Crippen LogP contribution in [0.4, 0.5) is 0 Å². The summed E-state index contributed by atoms with van der Waals surface area (Å²) >= 11 is 0. The van der Waals surface area contributed by atoms with Gasteiger partial charge in [-0.1, -0.05) is 49.3 Å². The van der Waals surface area contributed by atoms with Crippen molar-refractivity contribution < 1.29 is 4.52 Å². The monoisotopic (exact) mass is 456 g/mol. The summed E-state index contributed by atoms with van der Waals surface area (Å²) in [5.41, 5.74) is 2.30. The maximum Gasteiger partial charge on any atom is 0.191 e. The van der Waals surface area contributed by atoms with Crippen LogP contribution in [-0.2, 0) is 12.0 Å². The molecule has 0 saturated carbocycles. The van der Waals surface area contributed by atoms with E-state index in [1.54, 1.807) is 6.26 Å². The molecule has 138 valence electrons. The summed E-state index contributed by atoms with van der Waals surface area (Å²) in [6, 6.07) is 12.6. The molecule has 0 spiro atoms. The van der Waals surface area contributed by atoms with E-state index in [4.69, 9.17) is 4.52 Å². The minimum absolute atomic E-state index is 0. The topological polar surface area (TPSA) is 62.5 Å². The van der Waals surface area contributed by atoms with Crippen LogP contribution in [-0.4, -0.2) is 24.2 Å². The SMILES string of the molecule is CCNC(=NCc1ccon1)NCC(CC)(CC)c1ccccc1.I. The molecule has 6 heteroatoms. The van der Waals surface area contributed by atoms with Crippen LogP contribution in [0.2, 0.25) is 0 Å². The Bertz CT molecular complexity index is 610. The number of benzene rings is 1. The second kappa shape index (κ2) is 11.1. The van der Waals surface area contributed by atoms with Crippen LogP contribution in [0, 0.1) is 0 Å². The molecule has 0 bridgehead atoms. The van der Waals surface area contributed by atoms with Gasteiger partial charge in [0, 0.05) is 24.6 Å². The van der Waals surface area contributed by atoms with E-state index in [2.05, 4.69) is 71.9 Å². The summed E-state index contributed by atoms with van der Waals surface area (Å²) in [4.78, 5) is 4.59. The Kier molecular flexibility index (Phi) is 9.55. The van der Waals surface area contributed by atoms with E-state index in [0.29, 0.717) is 6.54 Å². The highest BCUT2D eigenvalue weighted by atomic mass is 127. The van der Waals surface area contributed by atoms with Crippen LogP contribution < -0.4 is 10.6 Å². The lowest BCUT2D eigenvalue weighted by molar-refractivity contribution is 0.389. The van der Waals surface area contributed by atoms with Crippen molar-refractivity contribution in [3.63, 3.8) is 0 Å². The van der Waals surface area contributed by atoms with Crippen LogP contribution >= 0.6 is 24.0 Å². The quantitative estimate of drug-likeness (QED) is 0.357. The van der Waals surface area contributed by atoms with E-state index in [0.717, 1.165) is 37.6 Å². The number of guanidine groups is 1. The maximum absolute atomic E-state index is 4.85. The highest BCUT2D eigenvalue weighted by Crippen LogP contribution is 2.30. The number of hydrogen-bond donors (Lipinski definition) is 2. The predicted octanol–water partition coefficient (Wildman–Crippen LogP) is 4.11. The van der Waals surface area contributed by atoms with Crippen molar-refractivity contribution >= 4 is 29.9 Å². The molecule has 0 aliphatic heterocycles. The number of hydrogen-bond acceptors (Lipinski definition) is 3. The van der Waals surface area contributed by atoms with Gasteiger partial charge in [0.15, 0.2) is 5.96 Å². The zero-order chi connectivity index (χ0) is 17.3. The smallest absolute Gasteiger partial charge is 0.191 e. The Morgan fingerprint density at radius 3 is 2.36 bits per heavy atom. The van der Waals surface area contributed by atoms with Gasteiger partial charge in [0.1, 0.15) is 12.0 Å². The van der Waals surface area contributed by atoms with E-state index in [-0.39, 0.29) is 29.4 Å². The third-order valence-electron chi connectivity index (χ3n) is 4.57. The molecule has 0 fully saturated rings. The number of halogens is 1. The van der Waals surface area contributed by atoms with Crippen LogP contribution in [0.25, 0.3) is 0 Å². The summed E-state index contributed by atoms with van der Waals surface area (Å²) in [7, 11) is 0. The molecule has 0 saturated heterocycles. The van der Waals surface area contributed by atoms with Crippen LogP contribution in [0.1, 0.15) is 44.9 Å². The van der Waals surface area contributed by atoms with Crippen molar-refractivity contribution in [1.29, 1.82) is 0 Å². The van der Waals surface area contributed by atoms with Gasteiger partial charge in [-0.15, -0.1) is 24.0 Å². The Labute approximate surface area is 167 Å². The van der Waals surface area contributed by atoms with E-state index < -0.39 is 0 Å². The summed E-state index contributed by atoms with van der Waals surface area (Å²) < 4.78 is 4.85. The standard InChI is InChI=1S/C19H28N4O.HI/c1-4-19(5-2,16-10-8-7-9-11-16)15-22-18(20-6-3)21-14-17-12-13-24-23-17;/h7-13H,4-6,14-15H2,1-3H3,(H2,20,21,22);1H. The fourth-order valence-electron chi connectivity index (χ4n) is 2.88. The molecule has 0 aliphatic carbocycles. The number of rotatable bonds is 8. The molecule has 0 radical (unpaired) electrons. The zero-order valence-electron chi connectivity index (χ0n) is 15.3. The maximum atomic E-state index is 4.85. The number of nitrogens with zero attached hydrogens (tertiary/aromatic N) is 2. The Balaban J connectivity index is 0.00000312. The highest BCUT2D eigenvalue weighted by molar-refractivity contribution is 14.0. The van der Waals surface area contributed by atoms with Gasteiger partial charge >= 0.3 is 0 Å². The molecule has 1 aromatic heterocycles. The Hall–Kier alpha value is -1.57. The number of nitrogens with one attached hydrogen (secondary N) is 2. The third kappa shape index (κ3) is 6.02. The normalized spacial score (nSPS) is 11.7. The van der Waals surface area contributed by atoms with Gasteiger partial charge in [0.05, 0.1) is 6.54 Å². The molecule has 0 amide bonds. The van der Waals surface area contributed by atoms with Crippen LogP contribution in [0.15, 0.2) is 52.2 Å². The molecule has 5 nitrogen and oxygen atoms in total. The van der Waals surface area contributed by atoms with Gasteiger partial charge in [-0.3, -0.25) is 0 Å². The second-order valence-corrected chi connectivity index (χ2v) is 5.89. The van der Waals surface area contributed by atoms with E-state index in [1.807, 2.05) is 6.07 Å². The lowest BCUT2D eigenvalue weighted by atomic mass is 9.76. The van der Waals surface area contributed by atoms with Gasteiger partial charge in [0.2, 0.25) is 0 Å². The second-order valence-electron chi connectivity index (χ2n) is 5.89. The first-order chi connectivity index (χ1) is 11.7. The van der Waals surface area contributed by atoms with Crippen molar-refractivity contribution in [3.05, 3.63) is 53.9 Å². The molecule has 1 heterocycles. The fourth-order valence-corrected chi connectivity index (χ4v) is 2.88. The van der Waals surface area contributed by atoms with E-state index in [9.17, 15) is 0 Å². The van der Waals surface area contributed by atoms with Crippen molar-refractivity contribution in [2.24, 2.45) is 4.99 Å². The average Bonchev–Trinajstić information content (AvgIpc) is 3.15. The summed E-state index contributed by atoms with van der Waals surface area (Å²) in [6.07, 6.45) is 3.71. The van der Waals surface area contributed by atoms with E-state index in [1.165, 1.54) is 5.56 Å². The van der Waals surface area contributed by atoms with Crippen LogP contribution in [0.3, 0.4) is 0 Å². The zero-order valence-corrected chi connectivity index (χ0v) is 17.6. The summed E-state index contributed by atoms with van der Waals surface area (Å²) in [6.45, 7) is 8.73. The predicted molar refractivity (Wildman–Crippen MR) is 113 cm³/mol. The molecular formula is C19H29IN4O. The largest absolute Gasteiger partial charge is 0.364 e. The molecular weight excluding hydrogens is 427 g/mol. The summed E-state index contributed by atoms with van der Waals surface area (Å²) in [5.74, 6) is 0.808. The Morgan fingerprint density at radius 1 is 1.08 bits per heavy atom. The lowest BCUT2D eigenvalue weighted by Crippen LogP contribution is -2.45. The molecule has 0 unspecified atom stereocenters. The fraction of sp³-hybridized carbons (Fsp3) is 0.474. The van der Waals surface area contributed by atoms with E-state index >= 15 is 0 Å². The van der Waals surface area contributed by atoms with Gasteiger partial charge in [0.25, 0.3) is 0 Å². The summed E-state index contributed by atoms with van der Waals surface area (Å²) in [5, 5.41) is 10.7. The third-order valence-corrected chi connectivity index (χ3v) is 4.57. The number of aromatic nitrogens is 1.